The molecule has 1 unspecified atom stereocenters. The van der Waals surface area contributed by atoms with Crippen LogP contribution in [0.5, 0.6) is 0 Å². The first-order valence-corrected chi connectivity index (χ1v) is 6.83. The molecule has 1 aromatic heterocycles. The Hall–Kier alpha value is -2.15. The third kappa shape index (κ3) is 4.42. The highest BCUT2D eigenvalue weighted by Crippen LogP contribution is 2.11. The molecule has 0 spiro atoms. The number of carboxylic acid groups (broad SMARTS) is 1. The highest BCUT2D eigenvalue weighted by molar-refractivity contribution is 5.76. The van der Waals surface area contributed by atoms with E-state index in [1.807, 2.05) is 25.1 Å². The van der Waals surface area contributed by atoms with Crippen molar-refractivity contribution >= 4 is 12.0 Å². The maximum absolute atomic E-state index is 12.2. The second kappa shape index (κ2) is 7.03. The molecule has 0 aliphatic carbocycles. The molecule has 0 saturated carbocycles. The predicted octanol–water partition coefficient (Wildman–Crippen LogP) is 0.775. The zero-order valence-corrected chi connectivity index (χ0v) is 11.9. The van der Waals surface area contributed by atoms with Gasteiger partial charge in [0.05, 0.1) is 37.9 Å². The number of ether oxygens (including phenoxy) is 1. The van der Waals surface area contributed by atoms with Crippen LogP contribution in [0.25, 0.3) is 0 Å². The standard InChI is InChI=1S/C14H19N3O4/c1-10-3-2-4-11(16-10)8-15-14(20)17-5-6-21-9-12(17)7-13(18)19/h2-4,12H,5-9H2,1H3,(H,15,20)(H,18,19). The van der Waals surface area contributed by atoms with Crippen molar-refractivity contribution in [3.8, 4) is 0 Å². The number of amides is 2. The van der Waals surface area contributed by atoms with Crippen LogP contribution in [-0.2, 0) is 16.1 Å². The van der Waals surface area contributed by atoms with Gasteiger partial charge in [-0.1, -0.05) is 6.07 Å². The molecule has 2 amide bonds. The molecular weight excluding hydrogens is 274 g/mol. The Morgan fingerprint density at radius 2 is 2.33 bits per heavy atom. The highest BCUT2D eigenvalue weighted by Gasteiger charge is 2.28. The molecule has 1 fully saturated rings. The van der Waals surface area contributed by atoms with Gasteiger partial charge >= 0.3 is 12.0 Å². The van der Waals surface area contributed by atoms with Crippen molar-refractivity contribution in [1.29, 1.82) is 0 Å². The van der Waals surface area contributed by atoms with Crippen molar-refractivity contribution in [1.82, 2.24) is 15.2 Å². The van der Waals surface area contributed by atoms with Gasteiger partial charge in [0.15, 0.2) is 0 Å². The van der Waals surface area contributed by atoms with E-state index in [9.17, 15) is 9.59 Å². The molecule has 2 heterocycles. The van der Waals surface area contributed by atoms with Crippen molar-refractivity contribution in [3.05, 3.63) is 29.6 Å². The van der Waals surface area contributed by atoms with Gasteiger partial charge < -0.3 is 20.1 Å². The molecule has 7 nitrogen and oxygen atoms in total. The average Bonchev–Trinajstić information content (AvgIpc) is 2.45. The van der Waals surface area contributed by atoms with Gasteiger partial charge in [-0.3, -0.25) is 9.78 Å². The maximum Gasteiger partial charge on any atom is 0.318 e. The fraction of sp³-hybridized carbons (Fsp3) is 0.500. The van der Waals surface area contributed by atoms with Gasteiger partial charge in [0.2, 0.25) is 0 Å². The van der Waals surface area contributed by atoms with Gasteiger partial charge in [0, 0.05) is 12.2 Å². The minimum Gasteiger partial charge on any atom is -0.481 e. The zero-order chi connectivity index (χ0) is 15.2. The molecule has 7 heteroatoms. The van der Waals surface area contributed by atoms with E-state index in [0.29, 0.717) is 19.7 Å². The zero-order valence-electron chi connectivity index (χ0n) is 11.9. The molecule has 2 N–H and O–H groups in total. The number of nitrogens with one attached hydrogen (secondary N) is 1. The number of nitrogens with zero attached hydrogens (tertiary/aromatic N) is 2. The number of rotatable bonds is 4. The Labute approximate surface area is 122 Å². The first kappa shape index (κ1) is 15.2. The Balaban J connectivity index is 1.92. The Morgan fingerprint density at radius 1 is 1.52 bits per heavy atom. The first-order chi connectivity index (χ1) is 10.1. The monoisotopic (exact) mass is 293 g/mol. The van der Waals surface area contributed by atoms with E-state index in [0.717, 1.165) is 11.4 Å². The second-order valence-electron chi connectivity index (χ2n) is 4.95. The van der Waals surface area contributed by atoms with E-state index in [1.165, 1.54) is 4.90 Å². The van der Waals surface area contributed by atoms with E-state index < -0.39 is 12.0 Å². The summed E-state index contributed by atoms with van der Waals surface area (Å²) in [5, 5.41) is 11.7. The molecule has 0 aromatic carbocycles. The molecule has 2 rings (SSSR count). The molecule has 21 heavy (non-hydrogen) atoms. The Kier molecular flexibility index (Phi) is 5.10. The molecule has 1 saturated heterocycles. The minimum absolute atomic E-state index is 0.115. The van der Waals surface area contributed by atoms with Crippen molar-refractivity contribution < 1.29 is 19.4 Å². The molecular formula is C14H19N3O4. The third-order valence-corrected chi connectivity index (χ3v) is 3.27. The van der Waals surface area contributed by atoms with Crippen LogP contribution in [0.1, 0.15) is 17.8 Å². The van der Waals surface area contributed by atoms with Crippen LogP contribution >= 0.6 is 0 Å². The number of pyridine rings is 1. The summed E-state index contributed by atoms with van der Waals surface area (Å²) in [6.07, 6.45) is -0.115. The maximum atomic E-state index is 12.2. The number of carboxylic acids is 1. The van der Waals surface area contributed by atoms with E-state index in [-0.39, 0.29) is 19.1 Å². The van der Waals surface area contributed by atoms with Gasteiger partial charge in [-0.2, -0.15) is 0 Å². The Morgan fingerprint density at radius 3 is 3.05 bits per heavy atom. The number of hydrogen-bond acceptors (Lipinski definition) is 4. The van der Waals surface area contributed by atoms with Crippen LogP contribution in [0.3, 0.4) is 0 Å². The van der Waals surface area contributed by atoms with Gasteiger partial charge in [0.1, 0.15) is 0 Å². The first-order valence-electron chi connectivity index (χ1n) is 6.83. The average molecular weight is 293 g/mol. The fourth-order valence-electron chi connectivity index (χ4n) is 2.26. The second-order valence-corrected chi connectivity index (χ2v) is 4.95. The SMILES string of the molecule is Cc1cccc(CNC(=O)N2CCOCC2CC(=O)O)n1. The summed E-state index contributed by atoms with van der Waals surface area (Å²) < 4.78 is 5.24. The van der Waals surface area contributed by atoms with Gasteiger partial charge in [0.25, 0.3) is 0 Å². The molecule has 1 aromatic rings. The van der Waals surface area contributed by atoms with Crippen LogP contribution in [0.2, 0.25) is 0 Å². The summed E-state index contributed by atoms with van der Waals surface area (Å²) >= 11 is 0. The molecule has 1 aliphatic rings. The number of carbonyl (C=O) groups excluding carboxylic acids is 1. The summed E-state index contributed by atoms with van der Waals surface area (Å²) in [6, 6.07) is 4.89. The largest absolute Gasteiger partial charge is 0.481 e. The van der Waals surface area contributed by atoms with E-state index in [2.05, 4.69) is 10.3 Å². The number of aromatic nitrogens is 1. The summed E-state index contributed by atoms with van der Waals surface area (Å²) in [4.78, 5) is 28.8. The number of aryl methyl sites for hydroxylation is 1. The Bertz CT molecular complexity index is 521. The van der Waals surface area contributed by atoms with E-state index >= 15 is 0 Å². The van der Waals surface area contributed by atoms with Gasteiger partial charge in [-0.15, -0.1) is 0 Å². The molecule has 0 bridgehead atoms. The quantitative estimate of drug-likeness (QED) is 0.855. The summed E-state index contributed by atoms with van der Waals surface area (Å²) in [7, 11) is 0. The van der Waals surface area contributed by atoms with Crippen LogP contribution in [0.15, 0.2) is 18.2 Å². The fourth-order valence-corrected chi connectivity index (χ4v) is 2.26. The lowest BCUT2D eigenvalue weighted by Crippen LogP contribution is -2.53. The molecule has 1 aliphatic heterocycles. The number of aliphatic carboxylic acids is 1. The molecule has 0 radical (unpaired) electrons. The summed E-state index contributed by atoms with van der Waals surface area (Å²) in [5.74, 6) is -0.941. The van der Waals surface area contributed by atoms with Crippen LogP contribution < -0.4 is 5.32 Å². The number of urea groups is 1. The lowest BCUT2D eigenvalue weighted by atomic mass is 10.1. The molecule has 1 atom stereocenters. The van der Waals surface area contributed by atoms with Gasteiger partial charge in [-0.05, 0) is 19.1 Å². The molecule has 114 valence electrons. The van der Waals surface area contributed by atoms with Crippen molar-refractivity contribution in [2.45, 2.75) is 25.9 Å². The smallest absolute Gasteiger partial charge is 0.318 e. The number of hydrogen-bond donors (Lipinski definition) is 2. The lowest BCUT2D eigenvalue weighted by molar-refractivity contribution is -0.139. The summed E-state index contributed by atoms with van der Waals surface area (Å²) in [6.45, 7) is 3.27. The van der Waals surface area contributed by atoms with Crippen molar-refractivity contribution in [2.75, 3.05) is 19.8 Å². The van der Waals surface area contributed by atoms with Crippen LogP contribution in [-0.4, -0.2) is 52.8 Å². The third-order valence-electron chi connectivity index (χ3n) is 3.27. The van der Waals surface area contributed by atoms with E-state index in [1.54, 1.807) is 0 Å². The number of carbonyl (C=O) groups is 2. The topological polar surface area (TPSA) is 91.8 Å². The minimum atomic E-state index is -0.941. The predicted molar refractivity (Wildman–Crippen MR) is 74.8 cm³/mol. The van der Waals surface area contributed by atoms with Crippen LogP contribution in [0, 0.1) is 6.92 Å². The normalized spacial score (nSPS) is 18.3. The lowest BCUT2D eigenvalue weighted by Gasteiger charge is -2.34. The van der Waals surface area contributed by atoms with Crippen LogP contribution in [0.4, 0.5) is 4.79 Å². The summed E-state index contributed by atoms with van der Waals surface area (Å²) in [5.41, 5.74) is 1.66. The highest BCUT2D eigenvalue weighted by atomic mass is 16.5. The van der Waals surface area contributed by atoms with Crippen molar-refractivity contribution in [3.63, 3.8) is 0 Å². The number of morpholine rings is 1. The van der Waals surface area contributed by atoms with Gasteiger partial charge in [-0.25, -0.2) is 4.79 Å². The van der Waals surface area contributed by atoms with Crippen molar-refractivity contribution in [2.24, 2.45) is 0 Å². The van der Waals surface area contributed by atoms with E-state index in [4.69, 9.17) is 9.84 Å².